The van der Waals surface area contributed by atoms with Crippen molar-refractivity contribution in [3.05, 3.63) is 71.1 Å². The molecule has 1 aliphatic rings. The predicted molar refractivity (Wildman–Crippen MR) is 120 cm³/mol. The summed E-state index contributed by atoms with van der Waals surface area (Å²) in [6.07, 6.45) is 12.2. The van der Waals surface area contributed by atoms with Crippen molar-refractivity contribution in [2.24, 2.45) is 5.10 Å². The first kappa shape index (κ1) is 21.4. The highest BCUT2D eigenvalue weighted by molar-refractivity contribution is 6.32. The van der Waals surface area contributed by atoms with Gasteiger partial charge in [0.05, 0.1) is 11.8 Å². The fourth-order valence-corrected chi connectivity index (χ4v) is 3.96. The summed E-state index contributed by atoms with van der Waals surface area (Å²) >= 11 is 0. The number of aromatic amines is 1. The fourth-order valence-electron chi connectivity index (χ4n) is 3.96. The number of carbonyl (C=O) groups excluding carboxylic acids is 2. The summed E-state index contributed by atoms with van der Waals surface area (Å²) in [5.41, 5.74) is 7.62. The molecule has 4 heterocycles. The lowest BCUT2D eigenvalue weighted by molar-refractivity contribution is -0.116. The number of aryl methyl sites for hydroxylation is 1. The van der Waals surface area contributed by atoms with E-state index >= 15 is 0 Å². The smallest absolute Gasteiger partial charge is 0.273 e. The Hall–Kier alpha value is -3.88. The Morgan fingerprint density at radius 3 is 2.66 bits per heavy atom. The monoisotopic (exact) mass is 431 g/mol. The van der Waals surface area contributed by atoms with Gasteiger partial charge in [-0.25, -0.2) is 10.4 Å². The molecule has 0 atom stereocenters. The van der Waals surface area contributed by atoms with E-state index in [1.807, 2.05) is 13.0 Å². The molecule has 4 rings (SSSR count). The summed E-state index contributed by atoms with van der Waals surface area (Å²) in [5.74, 6) is -0.315. The second-order valence-electron chi connectivity index (χ2n) is 8.68. The third-order valence-electron chi connectivity index (χ3n) is 5.34. The topological polar surface area (TPSA) is 118 Å². The normalized spacial score (nSPS) is 15.2. The van der Waals surface area contributed by atoms with Gasteiger partial charge in [-0.1, -0.05) is 20.8 Å². The van der Waals surface area contributed by atoms with E-state index < -0.39 is 0 Å². The van der Waals surface area contributed by atoms with Gasteiger partial charge < -0.3 is 4.98 Å². The molecule has 164 valence electrons. The van der Waals surface area contributed by atoms with Crippen LogP contribution in [0.1, 0.15) is 60.2 Å². The Morgan fingerprint density at radius 2 is 2.00 bits per heavy atom. The Labute approximate surface area is 185 Å². The Bertz CT molecular complexity index is 1210. The first-order chi connectivity index (χ1) is 15.3. The van der Waals surface area contributed by atoms with E-state index in [0.29, 0.717) is 29.8 Å². The molecule has 0 unspecified atom stereocenters. The van der Waals surface area contributed by atoms with E-state index in [1.165, 1.54) is 10.9 Å². The summed E-state index contributed by atoms with van der Waals surface area (Å²) in [4.78, 5) is 40.8. The van der Waals surface area contributed by atoms with Gasteiger partial charge >= 0.3 is 0 Å². The third-order valence-corrected chi connectivity index (χ3v) is 5.34. The molecule has 3 aromatic rings. The zero-order valence-electron chi connectivity index (χ0n) is 18.5. The number of hydrogen-bond acceptors (Lipinski definition) is 6. The van der Waals surface area contributed by atoms with Crippen LogP contribution in [-0.4, -0.2) is 42.0 Å². The van der Waals surface area contributed by atoms with Gasteiger partial charge in [0.15, 0.2) is 0 Å². The zero-order chi connectivity index (χ0) is 22.9. The van der Waals surface area contributed by atoms with Crippen LogP contribution in [0, 0.1) is 6.92 Å². The SMILES string of the molecule is Cc1[nH]c(C=C2C(=O)NN=C2c2cnccn2)c(C(C)(C)C)c1CCC(=O)n1ccnc1. The van der Waals surface area contributed by atoms with Gasteiger partial charge in [-0.15, -0.1) is 0 Å². The van der Waals surface area contributed by atoms with E-state index in [-0.39, 0.29) is 17.2 Å². The molecule has 2 N–H and O–H groups in total. The standard InChI is InChI=1S/C23H25N7O2/c1-14-15(5-6-19(31)30-10-9-25-13-30)20(23(2,3)4)17(27-14)11-16-21(28-29-22(16)32)18-12-24-7-8-26-18/h7-13,27H,5-6H2,1-4H3,(H,29,32). The maximum Gasteiger partial charge on any atom is 0.273 e. The minimum absolute atomic E-state index is 0.0184. The van der Waals surface area contributed by atoms with Gasteiger partial charge in [-0.05, 0) is 36.0 Å². The molecule has 32 heavy (non-hydrogen) atoms. The number of hydrogen-bond donors (Lipinski definition) is 2. The van der Waals surface area contributed by atoms with Gasteiger partial charge in [-0.3, -0.25) is 24.1 Å². The van der Waals surface area contributed by atoms with Crippen LogP contribution in [0.15, 0.2) is 48.0 Å². The van der Waals surface area contributed by atoms with Crippen LogP contribution in [0.25, 0.3) is 6.08 Å². The van der Waals surface area contributed by atoms with Crippen molar-refractivity contribution in [3.8, 4) is 0 Å². The van der Waals surface area contributed by atoms with Gasteiger partial charge in [0.25, 0.3) is 5.91 Å². The lowest BCUT2D eigenvalue weighted by atomic mass is 9.82. The summed E-state index contributed by atoms with van der Waals surface area (Å²) in [7, 11) is 0. The lowest BCUT2D eigenvalue weighted by Gasteiger charge is -2.22. The number of nitrogens with zero attached hydrogens (tertiary/aromatic N) is 5. The molecule has 0 saturated carbocycles. The van der Waals surface area contributed by atoms with Crippen LogP contribution in [-0.2, 0) is 16.6 Å². The van der Waals surface area contributed by atoms with E-state index in [1.54, 1.807) is 31.0 Å². The van der Waals surface area contributed by atoms with Crippen LogP contribution in [0.3, 0.4) is 0 Å². The van der Waals surface area contributed by atoms with Gasteiger partial charge in [0.1, 0.15) is 17.7 Å². The van der Waals surface area contributed by atoms with Gasteiger partial charge in [0.2, 0.25) is 5.91 Å². The predicted octanol–water partition coefficient (Wildman–Crippen LogP) is 2.80. The van der Waals surface area contributed by atoms with Crippen LogP contribution < -0.4 is 5.43 Å². The molecule has 0 fully saturated rings. The minimum Gasteiger partial charge on any atom is -0.359 e. The lowest BCUT2D eigenvalue weighted by Crippen LogP contribution is -2.17. The Kier molecular flexibility index (Phi) is 5.56. The second kappa shape index (κ2) is 8.33. The van der Waals surface area contributed by atoms with E-state index in [9.17, 15) is 9.59 Å². The highest BCUT2D eigenvalue weighted by Gasteiger charge is 2.29. The van der Waals surface area contributed by atoms with Crippen molar-refractivity contribution in [2.75, 3.05) is 0 Å². The molecule has 9 heteroatoms. The average molecular weight is 432 g/mol. The number of nitrogens with one attached hydrogen (secondary N) is 2. The number of carbonyl (C=O) groups is 2. The number of H-pyrrole nitrogens is 1. The van der Waals surface area contributed by atoms with Crippen LogP contribution in [0.5, 0.6) is 0 Å². The first-order valence-electron chi connectivity index (χ1n) is 10.3. The second-order valence-corrected chi connectivity index (χ2v) is 8.68. The molecule has 1 aliphatic heterocycles. The fraction of sp³-hybridized carbons (Fsp3) is 0.304. The average Bonchev–Trinajstić information content (AvgIpc) is 3.47. The molecule has 1 amide bonds. The number of imidazole rings is 1. The highest BCUT2D eigenvalue weighted by atomic mass is 16.2. The number of hydrazone groups is 1. The molecule has 9 nitrogen and oxygen atoms in total. The van der Waals surface area contributed by atoms with Gasteiger partial charge in [0, 0.05) is 42.6 Å². The Balaban J connectivity index is 1.71. The van der Waals surface area contributed by atoms with Crippen LogP contribution in [0.4, 0.5) is 0 Å². The molecule has 0 aliphatic carbocycles. The van der Waals surface area contributed by atoms with E-state index in [0.717, 1.165) is 22.5 Å². The third kappa shape index (κ3) is 4.14. The van der Waals surface area contributed by atoms with Crippen LogP contribution >= 0.6 is 0 Å². The number of amides is 1. The molecule has 0 spiro atoms. The van der Waals surface area contributed by atoms with Crippen molar-refractivity contribution in [3.63, 3.8) is 0 Å². The summed E-state index contributed by atoms with van der Waals surface area (Å²) in [6, 6.07) is 0. The van der Waals surface area contributed by atoms with Crippen molar-refractivity contribution in [2.45, 2.75) is 46.0 Å². The van der Waals surface area contributed by atoms with Crippen molar-refractivity contribution in [1.82, 2.24) is 29.9 Å². The largest absolute Gasteiger partial charge is 0.359 e. The van der Waals surface area contributed by atoms with Crippen molar-refractivity contribution in [1.29, 1.82) is 0 Å². The molecule has 0 saturated heterocycles. The molecule has 3 aromatic heterocycles. The van der Waals surface area contributed by atoms with E-state index in [2.05, 4.69) is 51.2 Å². The summed E-state index contributed by atoms with van der Waals surface area (Å²) in [5, 5.41) is 4.15. The highest BCUT2D eigenvalue weighted by Crippen LogP contribution is 2.34. The molecule has 0 aromatic carbocycles. The summed E-state index contributed by atoms with van der Waals surface area (Å²) < 4.78 is 1.49. The van der Waals surface area contributed by atoms with E-state index in [4.69, 9.17) is 0 Å². The first-order valence-corrected chi connectivity index (χ1v) is 10.3. The number of rotatable bonds is 5. The number of aromatic nitrogens is 5. The van der Waals surface area contributed by atoms with Crippen molar-refractivity contribution >= 4 is 23.6 Å². The van der Waals surface area contributed by atoms with Gasteiger partial charge in [-0.2, -0.15) is 5.10 Å². The minimum atomic E-state index is -0.297. The molecular formula is C23H25N7O2. The maximum absolute atomic E-state index is 12.6. The maximum atomic E-state index is 12.6. The molecular weight excluding hydrogens is 406 g/mol. The van der Waals surface area contributed by atoms with Crippen LogP contribution in [0.2, 0.25) is 0 Å². The molecule has 0 bridgehead atoms. The molecule has 0 radical (unpaired) electrons. The summed E-state index contributed by atoms with van der Waals surface area (Å²) in [6.45, 7) is 8.34. The van der Waals surface area contributed by atoms with Crippen molar-refractivity contribution < 1.29 is 9.59 Å². The zero-order valence-corrected chi connectivity index (χ0v) is 18.5. The Morgan fingerprint density at radius 1 is 1.19 bits per heavy atom. The quantitative estimate of drug-likeness (QED) is 0.602.